The Kier molecular flexibility index (Phi) is 5.19. The lowest BCUT2D eigenvalue weighted by Gasteiger charge is -2.09. The van der Waals surface area contributed by atoms with E-state index >= 15 is 0 Å². The summed E-state index contributed by atoms with van der Waals surface area (Å²) < 4.78 is 4.59. The number of methoxy groups -OCH3 is 1. The predicted molar refractivity (Wildman–Crippen MR) is 73.6 cm³/mol. The molecular formula is C12H12Cl2N2O2. The van der Waals surface area contributed by atoms with E-state index in [1.165, 1.54) is 7.11 Å². The van der Waals surface area contributed by atoms with Crippen LogP contribution in [0.15, 0.2) is 18.3 Å². The monoisotopic (exact) mass is 286 g/mol. The number of ether oxygens (including phenoxy) is 1. The molecular weight excluding hydrogens is 275 g/mol. The van der Waals surface area contributed by atoms with Gasteiger partial charge in [-0.1, -0.05) is 23.2 Å². The Morgan fingerprint density at radius 3 is 2.33 bits per heavy atom. The quantitative estimate of drug-likeness (QED) is 0.661. The third kappa shape index (κ3) is 3.03. The maximum atomic E-state index is 11.5. The van der Waals surface area contributed by atoms with E-state index < -0.39 is 5.97 Å². The molecule has 1 aromatic rings. The Bertz CT molecular complexity index is 490. The molecule has 0 radical (unpaired) electrons. The summed E-state index contributed by atoms with van der Waals surface area (Å²) in [7, 11) is 2.97. The van der Waals surface area contributed by atoms with Gasteiger partial charge in [-0.2, -0.15) is 0 Å². The van der Waals surface area contributed by atoms with Gasteiger partial charge in [-0.25, -0.2) is 4.79 Å². The van der Waals surface area contributed by atoms with E-state index in [1.807, 2.05) is 0 Å². The van der Waals surface area contributed by atoms with Gasteiger partial charge in [0.15, 0.2) is 0 Å². The lowest BCUT2D eigenvalue weighted by Crippen LogP contribution is -2.04. The first-order valence-corrected chi connectivity index (χ1v) is 5.76. The SMILES string of the molecule is CN/C=C(\C=N)c1cc(Cl)c(C(=O)OC)c(Cl)c1. The van der Waals surface area contributed by atoms with Gasteiger partial charge >= 0.3 is 5.97 Å². The van der Waals surface area contributed by atoms with Crippen LogP contribution in [0.3, 0.4) is 0 Å². The predicted octanol–water partition coefficient (Wildman–Crippen LogP) is 2.99. The van der Waals surface area contributed by atoms with Crippen molar-refractivity contribution in [3.8, 4) is 0 Å². The summed E-state index contributed by atoms with van der Waals surface area (Å²) in [6.45, 7) is 0. The minimum atomic E-state index is -0.592. The number of allylic oxidation sites excluding steroid dienone is 1. The number of rotatable bonds is 4. The topological polar surface area (TPSA) is 62.2 Å². The zero-order chi connectivity index (χ0) is 13.7. The van der Waals surface area contributed by atoms with Gasteiger partial charge in [0.2, 0.25) is 0 Å². The van der Waals surface area contributed by atoms with E-state index in [4.69, 9.17) is 28.6 Å². The molecule has 0 heterocycles. The van der Waals surface area contributed by atoms with Crippen LogP contribution in [0.5, 0.6) is 0 Å². The van der Waals surface area contributed by atoms with Crippen LogP contribution in [-0.2, 0) is 4.74 Å². The number of esters is 1. The van der Waals surface area contributed by atoms with Crippen molar-refractivity contribution in [2.45, 2.75) is 0 Å². The number of benzene rings is 1. The molecule has 0 aliphatic heterocycles. The van der Waals surface area contributed by atoms with Gasteiger partial charge in [-0.05, 0) is 17.7 Å². The second-order valence-corrected chi connectivity index (χ2v) is 4.15. The number of halogens is 2. The van der Waals surface area contributed by atoms with Crippen molar-refractivity contribution in [1.82, 2.24) is 5.32 Å². The minimum absolute atomic E-state index is 0.123. The van der Waals surface area contributed by atoms with E-state index in [9.17, 15) is 4.79 Å². The fourth-order valence-corrected chi connectivity index (χ4v) is 2.04. The molecule has 6 heteroatoms. The standard InChI is InChI=1S/C12H12Cl2N2O2/c1-16-6-8(5-15)7-3-9(13)11(10(14)4-7)12(17)18-2/h3-6,15-16H,1-2H3/b8-6+,15-5?. The summed E-state index contributed by atoms with van der Waals surface area (Å²) in [5, 5.41) is 10.5. The van der Waals surface area contributed by atoms with Crippen LogP contribution < -0.4 is 5.32 Å². The fourth-order valence-electron chi connectivity index (χ4n) is 1.40. The first kappa shape index (κ1) is 14.5. The van der Waals surface area contributed by atoms with Crippen molar-refractivity contribution >= 4 is 41.0 Å². The summed E-state index contributed by atoms with van der Waals surface area (Å²) in [4.78, 5) is 11.5. The lowest BCUT2D eigenvalue weighted by atomic mass is 10.1. The highest BCUT2D eigenvalue weighted by Gasteiger charge is 2.17. The van der Waals surface area contributed by atoms with Crippen LogP contribution in [-0.4, -0.2) is 26.3 Å². The van der Waals surface area contributed by atoms with Crippen LogP contribution in [0.25, 0.3) is 5.57 Å². The van der Waals surface area contributed by atoms with Crippen molar-refractivity contribution < 1.29 is 9.53 Å². The highest BCUT2D eigenvalue weighted by Crippen LogP contribution is 2.29. The number of nitrogens with one attached hydrogen (secondary N) is 2. The Hall–Kier alpha value is -1.52. The van der Waals surface area contributed by atoms with Gasteiger partial charge in [0.25, 0.3) is 0 Å². The maximum absolute atomic E-state index is 11.5. The second kappa shape index (κ2) is 6.42. The summed E-state index contributed by atoms with van der Waals surface area (Å²) in [6.07, 6.45) is 2.79. The molecule has 2 N–H and O–H groups in total. The molecule has 1 rings (SSSR count). The molecule has 1 aromatic carbocycles. The molecule has 0 saturated carbocycles. The van der Waals surface area contributed by atoms with E-state index in [1.54, 1.807) is 25.4 Å². The Balaban J connectivity index is 3.34. The molecule has 0 unspecified atom stereocenters. The van der Waals surface area contributed by atoms with Crippen LogP contribution in [0.4, 0.5) is 0 Å². The Morgan fingerprint density at radius 2 is 1.94 bits per heavy atom. The summed E-state index contributed by atoms with van der Waals surface area (Å²) >= 11 is 12.0. The highest BCUT2D eigenvalue weighted by molar-refractivity contribution is 6.39. The van der Waals surface area contributed by atoms with Crippen molar-refractivity contribution in [1.29, 1.82) is 5.41 Å². The van der Waals surface area contributed by atoms with Gasteiger partial charge in [0.05, 0.1) is 22.7 Å². The average molecular weight is 287 g/mol. The molecule has 0 aliphatic carbocycles. The molecule has 18 heavy (non-hydrogen) atoms. The molecule has 0 atom stereocenters. The molecule has 0 aliphatic rings. The maximum Gasteiger partial charge on any atom is 0.340 e. The fraction of sp³-hybridized carbons (Fsp3) is 0.167. The molecule has 4 nitrogen and oxygen atoms in total. The minimum Gasteiger partial charge on any atom is -0.465 e. The summed E-state index contributed by atoms with van der Waals surface area (Å²) in [5.41, 5.74) is 1.36. The Labute approximate surface area is 115 Å². The van der Waals surface area contributed by atoms with Gasteiger partial charge in [-0.3, -0.25) is 0 Å². The number of carbonyl (C=O) groups is 1. The van der Waals surface area contributed by atoms with Crippen LogP contribution in [0, 0.1) is 5.41 Å². The molecule has 0 aromatic heterocycles. The highest BCUT2D eigenvalue weighted by atomic mass is 35.5. The van der Waals surface area contributed by atoms with E-state index in [0.717, 1.165) is 6.21 Å². The smallest absolute Gasteiger partial charge is 0.340 e. The summed E-state index contributed by atoms with van der Waals surface area (Å²) in [5.74, 6) is -0.592. The van der Waals surface area contributed by atoms with E-state index in [2.05, 4.69) is 10.1 Å². The van der Waals surface area contributed by atoms with E-state index in [-0.39, 0.29) is 15.6 Å². The second-order valence-electron chi connectivity index (χ2n) is 3.34. The molecule has 0 saturated heterocycles. The molecule has 0 spiro atoms. The van der Waals surface area contributed by atoms with Crippen LogP contribution >= 0.6 is 23.2 Å². The third-order valence-corrected chi connectivity index (χ3v) is 2.82. The van der Waals surface area contributed by atoms with Gasteiger partial charge < -0.3 is 15.5 Å². The lowest BCUT2D eigenvalue weighted by molar-refractivity contribution is 0.0601. The van der Waals surface area contributed by atoms with Crippen LogP contribution in [0.1, 0.15) is 15.9 Å². The number of carbonyl (C=O) groups excluding carboxylic acids is 1. The summed E-state index contributed by atoms with van der Waals surface area (Å²) in [6, 6.07) is 3.13. The molecule has 0 bridgehead atoms. The van der Waals surface area contributed by atoms with Crippen molar-refractivity contribution in [2.24, 2.45) is 0 Å². The van der Waals surface area contributed by atoms with Crippen molar-refractivity contribution in [2.75, 3.05) is 14.2 Å². The molecule has 96 valence electrons. The van der Waals surface area contributed by atoms with E-state index in [0.29, 0.717) is 11.1 Å². The Morgan fingerprint density at radius 1 is 1.39 bits per heavy atom. The largest absolute Gasteiger partial charge is 0.465 e. The average Bonchev–Trinajstić information content (AvgIpc) is 2.34. The zero-order valence-electron chi connectivity index (χ0n) is 9.88. The normalized spacial score (nSPS) is 11.0. The van der Waals surface area contributed by atoms with Crippen molar-refractivity contribution in [3.63, 3.8) is 0 Å². The molecule has 0 amide bonds. The third-order valence-electron chi connectivity index (χ3n) is 2.22. The first-order valence-electron chi connectivity index (χ1n) is 5.00. The first-order chi connectivity index (χ1) is 8.54. The number of hydrogen-bond acceptors (Lipinski definition) is 4. The van der Waals surface area contributed by atoms with Crippen LogP contribution in [0.2, 0.25) is 10.0 Å². The van der Waals surface area contributed by atoms with Crippen molar-refractivity contribution in [3.05, 3.63) is 39.5 Å². The van der Waals surface area contributed by atoms with Gasteiger partial charge in [0.1, 0.15) is 0 Å². The number of hydrogen-bond donors (Lipinski definition) is 2. The van der Waals surface area contributed by atoms with Gasteiger partial charge in [0, 0.05) is 25.0 Å². The molecule has 0 fully saturated rings. The van der Waals surface area contributed by atoms with Gasteiger partial charge in [-0.15, -0.1) is 0 Å². The zero-order valence-corrected chi connectivity index (χ0v) is 11.4.